The van der Waals surface area contributed by atoms with Crippen LogP contribution in [0, 0.1) is 13.8 Å². The van der Waals surface area contributed by atoms with Crippen LogP contribution in [0.4, 0.5) is 5.69 Å². The van der Waals surface area contributed by atoms with E-state index in [-0.39, 0.29) is 5.91 Å². The van der Waals surface area contributed by atoms with Gasteiger partial charge in [0, 0.05) is 19.3 Å². The minimum Gasteiger partial charge on any atom is -0.398 e. The molecule has 3 nitrogen and oxygen atoms in total. The first kappa shape index (κ1) is 14.1. The Labute approximate surface area is 120 Å². The summed E-state index contributed by atoms with van der Waals surface area (Å²) in [4.78, 5) is 14.1. The van der Waals surface area contributed by atoms with Gasteiger partial charge in [-0.05, 0) is 31.0 Å². The van der Waals surface area contributed by atoms with Crippen LogP contribution in [-0.2, 0) is 6.54 Å². The van der Waals surface area contributed by atoms with Crippen molar-refractivity contribution in [3.05, 3.63) is 64.7 Å². The minimum atomic E-state index is -0.0484. The van der Waals surface area contributed by atoms with E-state index in [2.05, 4.69) is 6.07 Å². The maximum Gasteiger partial charge on any atom is 0.255 e. The van der Waals surface area contributed by atoms with Gasteiger partial charge in [0.05, 0.1) is 5.56 Å². The molecule has 0 radical (unpaired) electrons. The molecule has 3 heteroatoms. The van der Waals surface area contributed by atoms with Gasteiger partial charge in [-0.1, -0.05) is 42.0 Å². The van der Waals surface area contributed by atoms with Crippen LogP contribution < -0.4 is 5.73 Å². The maximum absolute atomic E-state index is 12.5. The second-order valence-corrected chi connectivity index (χ2v) is 5.19. The molecule has 2 N–H and O–H groups in total. The Morgan fingerprint density at radius 1 is 1.15 bits per heavy atom. The van der Waals surface area contributed by atoms with Crippen LogP contribution in [0.2, 0.25) is 0 Å². The molecule has 104 valence electrons. The molecule has 20 heavy (non-hydrogen) atoms. The Kier molecular flexibility index (Phi) is 4.08. The zero-order chi connectivity index (χ0) is 14.7. The first-order chi connectivity index (χ1) is 9.49. The second kappa shape index (κ2) is 5.78. The Morgan fingerprint density at radius 2 is 1.85 bits per heavy atom. The lowest BCUT2D eigenvalue weighted by molar-refractivity contribution is 0.0786. The van der Waals surface area contributed by atoms with Crippen molar-refractivity contribution < 1.29 is 4.79 Å². The summed E-state index contributed by atoms with van der Waals surface area (Å²) in [5, 5.41) is 0. The lowest BCUT2D eigenvalue weighted by atomic mass is 10.1. The Morgan fingerprint density at radius 3 is 2.55 bits per heavy atom. The average molecular weight is 268 g/mol. The molecule has 0 saturated carbocycles. The summed E-state index contributed by atoms with van der Waals surface area (Å²) < 4.78 is 0. The summed E-state index contributed by atoms with van der Waals surface area (Å²) in [6.45, 7) is 4.53. The highest BCUT2D eigenvalue weighted by Crippen LogP contribution is 2.19. The number of hydrogen-bond acceptors (Lipinski definition) is 2. The molecule has 2 rings (SSSR count). The van der Waals surface area contributed by atoms with Gasteiger partial charge in [-0.25, -0.2) is 0 Å². The Hall–Kier alpha value is -2.29. The number of benzene rings is 2. The third-order valence-electron chi connectivity index (χ3n) is 3.40. The number of carbonyl (C=O) groups is 1. The van der Waals surface area contributed by atoms with Crippen LogP contribution in [0.1, 0.15) is 27.0 Å². The van der Waals surface area contributed by atoms with Crippen molar-refractivity contribution in [1.29, 1.82) is 0 Å². The zero-order valence-corrected chi connectivity index (χ0v) is 12.2. The second-order valence-electron chi connectivity index (χ2n) is 5.19. The topological polar surface area (TPSA) is 46.3 Å². The summed E-state index contributed by atoms with van der Waals surface area (Å²) >= 11 is 0. The standard InChI is InChI=1S/C17H20N2O/c1-12-6-4-8-14(10-12)11-19(3)17(20)15-9-5-7-13(2)16(15)18/h4-10H,11,18H2,1-3H3. The van der Waals surface area contributed by atoms with Crippen molar-refractivity contribution in [1.82, 2.24) is 4.90 Å². The van der Waals surface area contributed by atoms with Crippen molar-refractivity contribution >= 4 is 11.6 Å². The molecule has 0 fully saturated rings. The van der Waals surface area contributed by atoms with E-state index in [9.17, 15) is 4.79 Å². The predicted octanol–water partition coefficient (Wildman–Crippen LogP) is 3.16. The number of para-hydroxylation sites is 1. The maximum atomic E-state index is 12.5. The van der Waals surface area contributed by atoms with Gasteiger partial charge >= 0.3 is 0 Å². The highest BCUT2D eigenvalue weighted by atomic mass is 16.2. The van der Waals surface area contributed by atoms with E-state index in [4.69, 9.17) is 5.73 Å². The van der Waals surface area contributed by atoms with Gasteiger partial charge in [0.25, 0.3) is 5.91 Å². The molecule has 0 aliphatic heterocycles. The first-order valence-corrected chi connectivity index (χ1v) is 6.65. The predicted molar refractivity (Wildman–Crippen MR) is 82.6 cm³/mol. The molecule has 2 aromatic carbocycles. The van der Waals surface area contributed by atoms with Crippen molar-refractivity contribution in [2.45, 2.75) is 20.4 Å². The number of nitrogens with zero attached hydrogens (tertiary/aromatic N) is 1. The third kappa shape index (κ3) is 2.99. The normalized spacial score (nSPS) is 10.3. The minimum absolute atomic E-state index is 0.0484. The Balaban J connectivity index is 2.19. The van der Waals surface area contributed by atoms with E-state index in [1.807, 2.05) is 44.2 Å². The van der Waals surface area contributed by atoms with Crippen LogP contribution in [0.3, 0.4) is 0 Å². The molecule has 2 aromatic rings. The molecular weight excluding hydrogens is 248 g/mol. The fourth-order valence-electron chi connectivity index (χ4n) is 2.23. The van der Waals surface area contributed by atoms with Gasteiger partial charge in [0.15, 0.2) is 0 Å². The van der Waals surface area contributed by atoms with Gasteiger partial charge < -0.3 is 10.6 Å². The van der Waals surface area contributed by atoms with E-state index in [0.717, 1.165) is 11.1 Å². The largest absolute Gasteiger partial charge is 0.398 e. The van der Waals surface area contributed by atoms with Gasteiger partial charge in [0.2, 0.25) is 0 Å². The molecule has 0 unspecified atom stereocenters. The molecule has 0 spiro atoms. The van der Waals surface area contributed by atoms with E-state index in [1.54, 1.807) is 18.0 Å². The molecular formula is C17H20N2O. The van der Waals surface area contributed by atoms with Crippen molar-refractivity contribution in [3.63, 3.8) is 0 Å². The van der Waals surface area contributed by atoms with Gasteiger partial charge in [-0.15, -0.1) is 0 Å². The SMILES string of the molecule is Cc1cccc(CN(C)C(=O)c2cccc(C)c2N)c1. The van der Waals surface area contributed by atoms with E-state index >= 15 is 0 Å². The number of amides is 1. The van der Waals surface area contributed by atoms with Crippen LogP contribution in [0.5, 0.6) is 0 Å². The molecule has 0 bridgehead atoms. The van der Waals surface area contributed by atoms with Gasteiger partial charge in [0.1, 0.15) is 0 Å². The number of aryl methyl sites for hydroxylation is 2. The third-order valence-corrected chi connectivity index (χ3v) is 3.40. The average Bonchev–Trinajstić information content (AvgIpc) is 2.41. The van der Waals surface area contributed by atoms with Crippen LogP contribution >= 0.6 is 0 Å². The molecule has 0 aromatic heterocycles. The number of anilines is 1. The molecule has 1 amide bonds. The highest BCUT2D eigenvalue weighted by molar-refractivity contribution is 5.99. The lowest BCUT2D eigenvalue weighted by Crippen LogP contribution is -2.27. The zero-order valence-electron chi connectivity index (χ0n) is 12.2. The fraction of sp³-hybridized carbons (Fsp3) is 0.235. The Bertz CT molecular complexity index is 635. The number of carbonyl (C=O) groups excluding carboxylic acids is 1. The summed E-state index contributed by atoms with van der Waals surface area (Å²) in [6, 6.07) is 13.7. The fourth-order valence-corrected chi connectivity index (χ4v) is 2.23. The molecule has 0 saturated heterocycles. The molecule has 0 aliphatic rings. The summed E-state index contributed by atoms with van der Waals surface area (Å²) in [5.41, 5.74) is 10.4. The smallest absolute Gasteiger partial charge is 0.255 e. The van der Waals surface area contributed by atoms with Crippen LogP contribution in [0.15, 0.2) is 42.5 Å². The molecule has 0 atom stereocenters. The van der Waals surface area contributed by atoms with Crippen molar-refractivity contribution in [2.24, 2.45) is 0 Å². The van der Waals surface area contributed by atoms with Gasteiger partial charge in [-0.3, -0.25) is 4.79 Å². The van der Waals surface area contributed by atoms with Crippen molar-refractivity contribution in [3.8, 4) is 0 Å². The summed E-state index contributed by atoms with van der Waals surface area (Å²) in [7, 11) is 1.80. The van der Waals surface area contributed by atoms with E-state index in [0.29, 0.717) is 17.8 Å². The lowest BCUT2D eigenvalue weighted by Gasteiger charge is -2.19. The van der Waals surface area contributed by atoms with Gasteiger partial charge in [-0.2, -0.15) is 0 Å². The number of nitrogen functional groups attached to an aromatic ring is 1. The quantitative estimate of drug-likeness (QED) is 0.869. The number of rotatable bonds is 3. The van der Waals surface area contributed by atoms with E-state index < -0.39 is 0 Å². The monoisotopic (exact) mass is 268 g/mol. The van der Waals surface area contributed by atoms with E-state index in [1.165, 1.54) is 5.56 Å². The van der Waals surface area contributed by atoms with Crippen LogP contribution in [0.25, 0.3) is 0 Å². The summed E-state index contributed by atoms with van der Waals surface area (Å²) in [5.74, 6) is -0.0484. The number of hydrogen-bond donors (Lipinski definition) is 1. The van der Waals surface area contributed by atoms with Crippen LogP contribution in [-0.4, -0.2) is 17.9 Å². The molecule has 0 aliphatic carbocycles. The highest BCUT2D eigenvalue weighted by Gasteiger charge is 2.15. The van der Waals surface area contributed by atoms with Crippen molar-refractivity contribution in [2.75, 3.05) is 12.8 Å². The summed E-state index contributed by atoms with van der Waals surface area (Å²) in [6.07, 6.45) is 0. The first-order valence-electron chi connectivity index (χ1n) is 6.65. The molecule has 0 heterocycles. The number of nitrogens with two attached hydrogens (primary N) is 1.